The molecule has 2 aromatic heterocycles. The lowest BCUT2D eigenvalue weighted by molar-refractivity contribution is 0.560. The van der Waals surface area contributed by atoms with Gasteiger partial charge in [-0.1, -0.05) is 72.3 Å². The standard InChI is InChI=1S/C24H16ClNO2/c1-14-19-18(28-24(27)21(14)25)13-12-17-20(15-8-4-2-5-9-15)22(26-23(17)19)16-10-6-3-7-11-16/h2-13,26H,1H3. The third kappa shape index (κ3) is 2.48. The molecular formula is C24H16ClNO2. The van der Waals surface area contributed by atoms with Gasteiger partial charge in [-0.25, -0.2) is 4.79 Å². The van der Waals surface area contributed by atoms with Crippen LogP contribution in [-0.4, -0.2) is 4.98 Å². The Labute approximate surface area is 166 Å². The van der Waals surface area contributed by atoms with E-state index in [9.17, 15) is 4.79 Å². The number of fused-ring (bicyclic) bond motifs is 3. The number of hydrogen-bond acceptors (Lipinski definition) is 2. The largest absolute Gasteiger partial charge is 0.422 e. The van der Waals surface area contributed by atoms with E-state index in [0.29, 0.717) is 5.58 Å². The molecule has 28 heavy (non-hydrogen) atoms. The molecular weight excluding hydrogens is 370 g/mol. The average Bonchev–Trinajstić information content (AvgIpc) is 3.12. The van der Waals surface area contributed by atoms with Gasteiger partial charge in [-0.2, -0.15) is 0 Å². The Morgan fingerprint density at radius 3 is 2.18 bits per heavy atom. The molecule has 5 rings (SSSR count). The minimum Gasteiger partial charge on any atom is -0.422 e. The molecule has 0 unspecified atom stereocenters. The number of nitrogens with one attached hydrogen (secondary N) is 1. The lowest BCUT2D eigenvalue weighted by Crippen LogP contribution is -2.01. The Kier molecular flexibility index (Phi) is 3.85. The Bertz CT molecular complexity index is 1380. The fourth-order valence-electron chi connectivity index (χ4n) is 3.83. The molecule has 0 fully saturated rings. The Morgan fingerprint density at radius 1 is 0.857 bits per heavy atom. The monoisotopic (exact) mass is 385 g/mol. The van der Waals surface area contributed by atoms with Gasteiger partial charge >= 0.3 is 5.63 Å². The van der Waals surface area contributed by atoms with E-state index in [4.69, 9.17) is 16.0 Å². The second-order valence-corrected chi connectivity index (χ2v) is 7.17. The maximum absolute atomic E-state index is 12.0. The normalized spacial score (nSPS) is 11.4. The highest BCUT2D eigenvalue weighted by Crippen LogP contribution is 2.41. The van der Waals surface area contributed by atoms with E-state index >= 15 is 0 Å². The van der Waals surface area contributed by atoms with Crippen LogP contribution in [0.4, 0.5) is 0 Å². The van der Waals surface area contributed by atoms with Crippen molar-refractivity contribution in [3.05, 3.63) is 93.8 Å². The summed E-state index contributed by atoms with van der Waals surface area (Å²) in [4.78, 5) is 15.6. The van der Waals surface area contributed by atoms with E-state index in [-0.39, 0.29) is 5.02 Å². The summed E-state index contributed by atoms with van der Waals surface area (Å²) < 4.78 is 5.43. The van der Waals surface area contributed by atoms with Crippen LogP contribution in [0.3, 0.4) is 0 Å². The van der Waals surface area contributed by atoms with Crippen LogP contribution in [0.2, 0.25) is 5.02 Å². The predicted molar refractivity (Wildman–Crippen MR) is 115 cm³/mol. The first-order valence-corrected chi connectivity index (χ1v) is 9.41. The topological polar surface area (TPSA) is 46.0 Å². The summed E-state index contributed by atoms with van der Waals surface area (Å²) in [6, 6.07) is 24.3. The van der Waals surface area contributed by atoms with Crippen molar-refractivity contribution in [1.82, 2.24) is 4.98 Å². The zero-order valence-corrected chi connectivity index (χ0v) is 15.9. The average molecular weight is 386 g/mol. The van der Waals surface area contributed by atoms with Crippen molar-refractivity contribution in [1.29, 1.82) is 0 Å². The lowest BCUT2D eigenvalue weighted by Gasteiger charge is -2.06. The van der Waals surface area contributed by atoms with Gasteiger partial charge in [-0.05, 0) is 35.7 Å². The number of aromatic amines is 1. The molecule has 5 aromatic rings. The summed E-state index contributed by atoms with van der Waals surface area (Å²) in [6.45, 7) is 1.85. The molecule has 0 saturated carbocycles. The van der Waals surface area contributed by atoms with Crippen LogP contribution in [-0.2, 0) is 0 Å². The molecule has 136 valence electrons. The molecule has 3 aromatic carbocycles. The number of H-pyrrole nitrogens is 1. The Balaban J connectivity index is 1.97. The molecule has 4 heteroatoms. The van der Waals surface area contributed by atoms with Crippen molar-refractivity contribution in [2.24, 2.45) is 0 Å². The van der Waals surface area contributed by atoms with Gasteiger partial charge in [0.15, 0.2) is 0 Å². The van der Waals surface area contributed by atoms with Gasteiger partial charge in [-0.15, -0.1) is 0 Å². The molecule has 0 radical (unpaired) electrons. The van der Waals surface area contributed by atoms with Gasteiger partial charge in [0.1, 0.15) is 10.6 Å². The molecule has 0 bridgehead atoms. The Hall–Kier alpha value is -3.30. The summed E-state index contributed by atoms with van der Waals surface area (Å²) in [6.07, 6.45) is 0. The van der Waals surface area contributed by atoms with Crippen LogP contribution in [0.15, 0.2) is 82.0 Å². The van der Waals surface area contributed by atoms with E-state index in [2.05, 4.69) is 29.2 Å². The smallest absolute Gasteiger partial charge is 0.355 e. The van der Waals surface area contributed by atoms with Crippen LogP contribution in [0, 0.1) is 6.92 Å². The van der Waals surface area contributed by atoms with Gasteiger partial charge in [0.25, 0.3) is 0 Å². The van der Waals surface area contributed by atoms with Crippen LogP contribution in [0.1, 0.15) is 5.56 Å². The molecule has 0 amide bonds. The second kappa shape index (κ2) is 6.39. The van der Waals surface area contributed by atoms with Crippen molar-refractivity contribution in [3.63, 3.8) is 0 Å². The highest BCUT2D eigenvalue weighted by atomic mass is 35.5. The minimum atomic E-state index is -0.510. The van der Waals surface area contributed by atoms with Crippen LogP contribution in [0.5, 0.6) is 0 Å². The summed E-state index contributed by atoms with van der Waals surface area (Å²) in [7, 11) is 0. The fraction of sp³-hybridized carbons (Fsp3) is 0.0417. The second-order valence-electron chi connectivity index (χ2n) is 6.80. The van der Waals surface area contributed by atoms with E-state index in [1.54, 1.807) is 0 Å². The van der Waals surface area contributed by atoms with Crippen LogP contribution < -0.4 is 5.63 Å². The van der Waals surface area contributed by atoms with Gasteiger partial charge < -0.3 is 9.40 Å². The van der Waals surface area contributed by atoms with E-state index in [0.717, 1.165) is 44.2 Å². The first-order valence-electron chi connectivity index (χ1n) is 9.03. The molecule has 1 N–H and O–H groups in total. The number of aryl methyl sites for hydroxylation is 1. The zero-order valence-electron chi connectivity index (χ0n) is 15.1. The van der Waals surface area contributed by atoms with Crippen molar-refractivity contribution in [3.8, 4) is 22.4 Å². The van der Waals surface area contributed by atoms with Gasteiger partial charge in [0.2, 0.25) is 0 Å². The Morgan fingerprint density at radius 2 is 1.50 bits per heavy atom. The highest BCUT2D eigenvalue weighted by Gasteiger charge is 2.19. The number of halogens is 1. The first kappa shape index (κ1) is 16.8. The maximum Gasteiger partial charge on any atom is 0.355 e. The molecule has 0 atom stereocenters. The number of hydrogen-bond donors (Lipinski definition) is 1. The summed E-state index contributed by atoms with van der Waals surface area (Å²) in [5.74, 6) is 0. The van der Waals surface area contributed by atoms with Gasteiger partial charge in [-0.3, -0.25) is 0 Å². The number of aromatic nitrogens is 1. The molecule has 2 heterocycles. The van der Waals surface area contributed by atoms with Crippen molar-refractivity contribution < 1.29 is 4.42 Å². The molecule has 0 spiro atoms. The molecule has 3 nitrogen and oxygen atoms in total. The molecule has 0 aliphatic heterocycles. The minimum absolute atomic E-state index is 0.122. The molecule has 0 aliphatic rings. The van der Waals surface area contributed by atoms with Crippen LogP contribution >= 0.6 is 11.6 Å². The van der Waals surface area contributed by atoms with Gasteiger partial charge in [0.05, 0.1) is 11.2 Å². The quantitative estimate of drug-likeness (QED) is 0.349. The third-order valence-electron chi connectivity index (χ3n) is 5.15. The summed E-state index contributed by atoms with van der Waals surface area (Å²) in [5.41, 5.74) is 6.00. The molecule has 0 aliphatic carbocycles. The zero-order chi connectivity index (χ0) is 19.3. The fourth-order valence-corrected chi connectivity index (χ4v) is 3.97. The number of rotatable bonds is 2. The van der Waals surface area contributed by atoms with Gasteiger partial charge in [0, 0.05) is 16.3 Å². The van der Waals surface area contributed by atoms with Crippen molar-refractivity contribution >= 4 is 33.5 Å². The highest BCUT2D eigenvalue weighted by molar-refractivity contribution is 6.32. The van der Waals surface area contributed by atoms with E-state index < -0.39 is 5.63 Å². The van der Waals surface area contributed by atoms with E-state index in [1.807, 2.05) is 55.5 Å². The molecule has 0 saturated heterocycles. The van der Waals surface area contributed by atoms with Crippen LogP contribution in [0.25, 0.3) is 44.3 Å². The predicted octanol–water partition coefficient (Wildman–Crippen LogP) is 6.57. The summed E-state index contributed by atoms with van der Waals surface area (Å²) in [5, 5.41) is 2.02. The maximum atomic E-state index is 12.0. The summed E-state index contributed by atoms with van der Waals surface area (Å²) >= 11 is 6.22. The van der Waals surface area contributed by atoms with Crippen molar-refractivity contribution in [2.75, 3.05) is 0 Å². The lowest BCUT2D eigenvalue weighted by atomic mass is 9.97. The number of benzene rings is 3. The SMILES string of the molecule is Cc1c(Cl)c(=O)oc2ccc3c(-c4ccccc4)c(-c4ccccc4)[nH]c3c12. The first-order chi connectivity index (χ1) is 13.6. The third-order valence-corrected chi connectivity index (χ3v) is 5.59. The van der Waals surface area contributed by atoms with E-state index in [1.165, 1.54) is 0 Å². The van der Waals surface area contributed by atoms with Crippen molar-refractivity contribution in [2.45, 2.75) is 6.92 Å².